The number of aliphatic hydroxyl groups is 2. The summed E-state index contributed by atoms with van der Waals surface area (Å²) < 4.78 is 0. The second-order valence-corrected chi connectivity index (χ2v) is 5.78. The summed E-state index contributed by atoms with van der Waals surface area (Å²) in [6, 6.07) is 25.9. The Morgan fingerprint density at radius 2 is 1.00 bits per heavy atom. The third-order valence-electron chi connectivity index (χ3n) is 3.63. The minimum Gasteiger partial charge on any atom is -0.478 e. The van der Waals surface area contributed by atoms with E-state index in [2.05, 4.69) is 0 Å². The van der Waals surface area contributed by atoms with Crippen molar-refractivity contribution in [2.75, 3.05) is 6.61 Å². The maximum absolute atomic E-state index is 10.2. The van der Waals surface area contributed by atoms with Crippen LogP contribution in [0.3, 0.4) is 0 Å². The standard InChI is InChI=1S/C9H12O2.2C7H6O2/c10-7-6-9(11)8-4-2-1-3-5-8;2*8-7(9)6-4-2-1-3-5-6/h1-5,9-11H,6-7H2;2*1-5H,(H,8,9)/t9-;;/m1../s1. The molecular weight excluding hydrogens is 372 g/mol. The maximum atomic E-state index is 10.2. The van der Waals surface area contributed by atoms with Crippen LogP contribution in [0.25, 0.3) is 0 Å². The van der Waals surface area contributed by atoms with Gasteiger partial charge in [0.15, 0.2) is 0 Å². The highest BCUT2D eigenvalue weighted by atomic mass is 16.4. The first-order chi connectivity index (χ1) is 14.0. The third kappa shape index (κ3) is 9.86. The molecule has 152 valence electrons. The van der Waals surface area contributed by atoms with E-state index in [1.807, 2.05) is 30.3 Å². The number of aromatic carboxylic acids is 2. The summed E-state index contributed by atoms with van der Waals surface area (Å²) in [5.41, 5.74) is 1.52. The summed E-state index contributed by atoms with van der Waals surface area (Å²) in [6.07, 6.45) is -0.120. The smallest absolute Gasteiger partial charge is 0.335 e. The van der Waals surface area contributed by atoms with Crippen molar-refractivity contribution >= 4 is 11.9 Å². The molecule has 0 heterocycles. The van der Waals surface area contributed by atoms with Gasteiger partial charge in [0.25, 0.3) is 0 Å². The Morgan fingerprint density at radius 3 is 1.28 bits per heavy atom. The molecule has 3 rings (SSSR count). The second kappa shape index (κ2) is 13.7. The lowest BCUT2D eigenvalue weighted by atomic mass is 10.1. The molecule has 0 radical (unpaired) electrons. The van der Waals surface area contributed by atoms with Crippen LogP contribution in [0.4, 0.5) is 0 Å². The summed E-state index contributed by atoms with van der Waals surface area (Å²) in [4.78, 5) is 20.4. The quantitative estimate of drug-likeness (QED) is 0.520. The van der Waals surface area contributed by atoms with Crippen LogP contribution in [0.5, 0.6) is 0 Å². The van der Waals surface area contributed by atoms with Crippen molar-refractivity contribution in [3.05, 3.63) is 108 Å². The normalized spacial score (nSPS) is 10.4. The molecule has 3 aromatic rings. The van der Waals surface area contributed by atoms with Crippen LogP contribution in [-0.2, 0) is 0 Å². The molecule has 0 amide bonds. The molecule has 6 heteroatoms. The van der Waals surface area contributed by atoms with Crippen LogP contribution >= 0.6 is 0 Å². The van der Waals surface area contributed by atoms with Gasteiger partial charge >= 0.3 is 11.9 Å². The topological polar surface area (TPSA) is 115 Å². The average molecular weight is 396 g/mol. The van der Waals surface area contributed by atoms with Crippen molar-refractivity contribution in [3.63, 3.8) is 0 Å². The molecule has 29 heavy (non-hydrogen) atoms. The van der Waals surface area contributed by atoms with Crippen molar-refractivity contribution in [1.82, 2.24) is 0 Å². The Morgan fingerprint density at radius 1 is 0.655 bits per heavy atom. The van der Waals surface area contributed by atoms with Gasteiger partial charge in [-0.05, 0) is 29.8 Å². The van der Waals surface area contributed by atoms with Gasteiger partial charge < -0.3 is 20.4 Å². The van der Waals surface area contributed by atoms with Gasteiger partial charge in [-0.1, -0.05) is 66.7 Å². The van der Waals surface area contributed by atoms with E-state index in [9.17, 15) is 14.7 Å². The summed E-state index contributed by atoms with van der Waals surface area (Å²) >= 11 is 0. The molecule has 4 N–H and O–H groups in total. The van der Waals surface area contributed by atoms with Gasteiger partial charge in [0.05, 0.1) is 17.2 Å². The van der Waals surface area contributed by atoms with Gasteiger partial charge in [0, 0.05) is 13.0 Å². The highest BCUT2D eigenvalue weighted by Gasteiger charge is 2.04. The van der Waals surface area contributed by atoms with Crippen molar-refractivity contribution in [2.24, 2.45) is 0 Å². The first-order valence-corrected chi connectivity index (χ1v) is 8.86. The van der Waals surface area contributed by atoms with Gasteiger partial charge in [-0.25, -0.2) is 9.59 Å². The summed E-state index contributed by atoms with van der Waals surface area (Å²) in [5, 5.41) is 34.7. The fourth-order valence-corrected chi connectivity index (χ4v) is 2.13. The van der Waals surface area contributed by atoms with Crippen molar-refractivity contribution < 1.29 is 30.0 Å². The molecule has 0 bridgehead atoms. The van der Waals surface area contributed by atoms with Gasteiger partial charge in [-0.15, -0.1) is 0 Å². The molecule has 0 fully saturated rings. The lowest BCUT2D eigenvalue weighted by Crippen LogP contribution is -1.99. The van der Waals surface area contributed by atoms with Crippen LogP contribution in [0.1, 0.15) is 38.8 Å². The van der Waals surface area contributed by atoms with E-state index in [1.54, 1.807) is 60.7 Å². The lowest BCUT2D eigenvalue weighted by molar-refractivity contribution is 0.0686. The molecule has 0 saturated carbocycles. The molecule has 6 nitrogen and oxygen atoms in total. The predicted molar refractivity (Wildman–Crippen MR) is 110 cm³/mol. The monoisotopic (exact) mass is 396 g/mol. The molecular formula is C23H24O6. The highest BCUT2D eigenvalue weighted by Crippen LogP contribution is 2.14. The van der Waals surface area contributed by atoms with Crippen LogP contribution < -0.4 is 0 Å². The third-order valence-corrected chi connectivity index (χ3v) is 3.63. The van der Waals surface area contributed by atoms with E-state index in [0.717, 1.165) is 5.56 Å². The summed E-state index contributed by atoms with van der Waals surface area (Å²) in [7, 11) is 0. The molecule has 0 aliphatic heterocycles. The summed E-state index contributed by atoms with van der Waals surface area (Å²) in [6.45, 7) is 0.0239. The molecule has 0 saturated heterocycles. The Labute approximate surface area is 169 Å². The van der Waals surface area contributed by atoms with Crippen molar-refractivity contribution in [3.8, 4) is 0 Å². The summed E-state index contributed by atoms with van der Waals surface area (Å²) in [5.74, 6) is -1.76. The molecule has 0 aliphatic rings. The van der Waals surface area contributed by atoms with Crippen molar-refractivity contribution in [2.45, 2.75) is 12.5 Å². The second-order valence-electron chi connectivity index (χ2n) is 5.78. The highest BCUT2D eigenvalue weighted by molar-refractivity contribution is 5.87. The SMILES string of the molecule is O=C(O)c1ccccc1.O=C(O)c1ccccc1.OCC[C@@H](O)c1ccccc1. The number of benzene rings is 3. The van der Waals surface area contributed by atoms with E-state index in [4.69, 9.17) is 15.3 Å². The number of carboxylic acids is 2. The molecule has 3 aromatic carbocycles. The average Bonchev–Trinajstić information content (AvgIpc) is 2.76. The number of rotatable bonds is 5. The van der Waals surface area contributed by atoms with Gasteiger partial charge in [-0.2, -0.15) is 0 Å². The largest absolute Gasteiger partial charge is 0.478 e. The molecule has 0 spiro atoms. The van der Waals surface area contributed by atoms with Crippen molar-refractivity contribution in [1.29, 1.82) is 0 Å². The molecule has 0 unspecified atom stereocenters. The maximum Gasteiger partial charge on any atom is 0.335 e. The van der Waals surface area contributed by atoms with E-state index in [1.165, 1.54) is 0 Å². The number of carbonyl (C=O) groups is 2. The zero-order valence-corrected chi connectivity index (χ0v) is 15.8. The zero-order chi connectivity index (χ0) is 21.5. The van der Waals surface area contributed by atoms with Gasteiger partial charge in [0.1, 0.15) is 0 Å². The number of carboxylic acid groups (broad SMARTS) is 2. The Bertz CT molecular complexity index is 786. The minimum absolute atomic E-state index is 0.0239. The van der Waals surface area contributed by atoms with Crippen LogP contribution in [-0.4, -0.2) is 39.0 Å². The number of aliphatic hydroxyl groups excluding tert-OH is 2. The first kappa shape index (κ1) is 23.6. The molecule has 0 aromatic heterocycles. The Kier molecular flexibility index (Phi) is 11.1. The molecule has 1 atom stereocenters. The fraction of sp³-hybridized carbons (Fsp3) is 0.130. The van der Waals surface area contributed by atoms with E-state index in [-0.39, 0.29) is 6.61 Å². The Balaban J connectivity index is 0.000000219. The minimum atomic E-state index is -0.879. The van der Waals surface area contributed by atoms with E-state index in [0.29, 0.717) is 17.5 Å². The number of hydrogen-bond acceptors (Lipinski definition) is 4. The molecule has 0 aliphatic carbocycles. The number of hydrogen-bond donors (Lipinski definition) is 4. The zero-order valence-electron chi connectivity index (χ0n) is 15.8. The van der Waals surface area contributed by atoms with Crippen LogP contribution in [0.15, 0.2) is 91.0 Å². The van der Waals surface area contributed by atoms with Crippen LogP contribution in [0.2, 0.25) is 0 Å². The first-order valence-electron chi connectivity index (χ1n) is 8.86. The van der Waals surface area contributed by atoms with Gasteiger partial charge in [-0.3, -0.25) is 0 Å². The van der Waals surface area contributed by atoms with E-state index < -0.39 is 18.0 Å². The predicted octanol–water partition coefficient (Wildman–Crippen LogP) is 3.87. The fourth-order valence-electron chi connectivity index (χ4n) is 2.13. The lowest BCUT2D eigenvalue weighted by Gasteiger charge is -2.07. The van der Waals surface area contributed by atoms with Crippen LogP contribution in [0, 0.1) is 0 Å². The Hall–Kier alpha value is -3.48. The van der Waals surface area contributed by atoms with Gasteiger partial charge in [0.2, 0.25) is 0 Å². The van der Waals surface area contributed by atoms with E-state index >= 15 is 0 Å².